The van der Waals surface area contributed by atoms with Crippen molar-refractivity contribution in [3.05, 3.63) is 0 Å². The molecule has 2 unspecified atom stereocenters. The van der Waals surface area contributed by atoms with E-state index in [9.17, 15) is 0 Å². The number of rotatable bonds is 1. The number of aliphatic hydroxyl groups excluding tert-OH is 1. The Labute approximate surface area is 66.0 Å². The topological polar surface area (TPSA) is 56.5 Å². The van der Waals surface area contributed by atoms with Crippen molar-refractivity contribution >= 4 is 0 Å². The van der Waals surface area contributed by atoms with Crippen LogP contribution in [0.15, 0.2) is 0 Å². The van der Waals surface area contributed by atoms with Crippen molar-refractivity contribution in [1.82, 2.24) is 4.90 Å². The van der Waals surface area contributed by atoms with Crippen LogP contribution in [0.25, 0.3) is 0 Å². The van der Waals surface area contributed by atoms with E-state index in [1.165, 1.54) is 0 Å². The molecule has 0 spiro atoms. The molecule has 0 aliphatic carbocycles. The van der Waals surface area contributed by atoms with Crippen LogP contribution in [0.3, 0.4) is 0 Å². The van der Waals surface area contributed by atoms with Crippen LogP contribution in [0.2, 0.25) is 0 Å². The summed E-state index contributed by atoms with van der Waals surface area (Å²) in [6.07, 6.45) is 1.89. The first-order valence-corrected chi connectivity index (χ1v) is 3.67. The summed E-state index contributed by atoms with van der Waals surface area (Å²) in [6.45, 7) is 3.03. The molecule has 62 valence electrons. The molecule has 1 fully saturated rings. The molecule has 0 bridgehead atoms. The van der Waals surface area contributed by atoms with Gasteiger partial charge in [0.1, 0.15) is 0 Å². The average Bonchev–Trinajstić information content (AvgIpc) is 2.03. The van der Waals surface area contributed by atoms with Crippen LogP contribution in [0.1, 0.15) is 6.92 Å². The Kier molecular flexibility index (Phi) is 2.69. The van der Waals surface area contributed by atoms with Crippen molar-refractivity contribution in [2.24, 2.45) is 0 Å². The Hall–Kier alpha value is -0.790. The third kappa shape index (κ3) is 2.07. The molecule has 1 N–H and O–H groups in total. The van der Waals surface area contributed by atoms with Gasteiger partial charge in [-0.15, -0.1) is 0 Å². The zero-order valence-corrected chi connectivity index (χ0v) is 6.53. The molecule has 1 rings (SSSR count). The lowest BCUT2D eigenvalue weighted by atomic mass is 10.2. The first-order chi connectivity index (χ1) is 5.26. The van der Waals surface area contributed by atoms with Crippen molar-refractivity contribution in [3.8, 4) is 6.19 Å². The molecule has 0 amide bonds. The Bertz CT molecular complexity index is 166. The Morgan fingerprint density at radius 3 is 3.00 bits per heavy atom. The van der Waals surface area contributed by atoms with E-state index in [-0.39, 0.29) is 18.8 Å². The lowest BCUT2D eigenvalue weighted by molar-refractivity contribution is -0.0815. The molecule has 1 aliphatic heterocycles. The normalized spacial score (nSPS) is 31.5. The average molecular weight is 156 g/mol. The van der Waals surface area contributed by atoms with E-state index < -0.39 is 0 Å². The molecule has 0 aromatic carbocycles. The van der Waals surface area contributed by atoms with E-state index in [0.717, 1.165) is 0 Å². The quantitative estimate of drug-likeness (QED) is 0.522. The summed E-state index contributed by atoms with van der Waals surface area (Å²) in [6, 6.07) is 0. The molecule has 4 nitrogen and oxygen atoms in total. The highest BCUT2D eigenvalue weighted by Gasteiger charge is 2.23. The number of morpholine rings is 1. The van der Waals surface area contributed by atoms with Crippen LogP contribution >= 0.6 is 0 Å². The second-order valence-electron chi connectivity index (χ2n) is 2.76. The van der Waals surface area contributed by atoms with Gasteiger partial charge in [0.25, 0.3) is 0 Å². The Morgan fingerprint density at radius 2 is 2.45 bits per heavy atom. The minimum absolute atomic E-state index is 0.0114. The zero-order chi connectivity index (χ0) is 8.27. The van der Waals surface area contributed by atoms with Crippen molar-refractivity contribution in [2.75, 3.05) is 19.7 Å². The fraction of sp³-hybridized carbons (Fsp3) is 0.857. The van der Waals surface area contributed by atoms with E-state index in [0.29, 0.717) is 13.1 Å². The summed E-state index contributed by atoms with van der Waals surface area (Å²) in [7, 11) is 0. The molecular formula is C7H12N2O2. The maximum atomic E-state index is 8.76. The lowest BCUT2D eigenvalue weighted by Gasteiger charge is -2.32. The molecule has 1 aliphatic rings. The molecule has 0 aromatic heterocycles. The molecular weight excluding hydrogens is 144 g/mol. The first-order valence-electron chi connectivity index (χ1n) is 3.67. The Balaban J connectivity index is 2.45. The number of aliphatic hydroxyl groups is 1. The predicted octanol–water partition coefficient (Wildman–Crippen LogP) is -0.451. The first kappa shape index (κ1) is 8.31. The lowest BCUT2D eigenvalue weighted by Crippen LogP contribution is -2.45. The van der Waals surface area contributed by atoms with Crippen LogP contribution in [-0.4, -0.2) is 41.9 Å². The van der Waals surface area contributed by atoms with E-state index in [1.807, 2.05) is 13.1 Å². The van der Waals surface area contributed by atoms with Gasteiger partial charge >= 0.3 is 0 Å². The van der Waals surface area contributed by atoms with E-state index in [4.69, 9.17) is 15.1 Å². The summed E-state index contributed by atoms with van der Waals surface area (Å²) >= 11 is 0. The summed E-state index contributed by atoms with van der Waals surface area (Å²) in [5, 5.41) is 17.3. The van der Waals surface area contributed by atoms with Gasteiger partial charge in [0.2, 0.25) is 0 Å². The Morgan fingerprint density at radius 1 is 1.73 bits per heavy atom. The smallest absolute Gasteiger partial charge is 0.179 e. The van der Waals surface area contributed by atoms with Crippen molar-refractivity contribution in [2.45, 2.75) is 19.1 Å². The van der Waals surface area contributed by atoms with Crippen molar-refractivity contribution < 1.29 is 9.84 Å². The fourth-order valence-electron chi connectivity index (χ4n) is 1.23. The molecule has 4 heteroatoms. The highest BCUT2D eigenvalue weighted by molar-refractivity contribution is 4.83. The van der Waals surface area contributed by atoms with Crippen LogP contribution in [0.4, 0.5) is 0 Å². The fourth-order valence-corrected chi connectivity index (χ4v) is 1.23. The van der Waals surface area contributed by atoms with Gasteiger partial charge in [-0.05, 0) is 6.92 Å². The van der Waals surface area contributed by atoms with Crippen LogP contribution < -0.4 is 0 Å². The number of nitriles is 1. The molecule has 1 saturated heterocycles. The number of hydrogen-bond acceptors (Lipinski definition) is 4. The maximum absolute atomic E-state index is 8.76. The van der Waals surface area contributed by atoms with Crippen LogP contribution in [0.5, 0.6) is 0 Å². The van der Waals surface area contributed by atoms with Gasteiger partial charge in [-0.3, -0.25) is 0 Å². The van der Waals surface area contributed by atoms with E-state index in [2.05, 4.69) is 0 Å². The van der Waals surface area contributed by atoms with Gasteiger partial charge in [-0.2, -0.15) is 5.26 Å². The molecule has 0 radical (unpaired) electrons. The van der Waals surface area contributed by atoms with Gasteiger partial charge in [-0.25, -0.2) is 0 Å². The zero-order valence-electron chi connectivity index (χ0n) is 6.53. The summed E-state index contributed by atoms with van der Waals surface area (Å²) in [4.78, 5) is 1.61. The van der Waals surface area contributed by atoms with Gasteiger partial charge < -0.3 is 14.7 Å². The SMILES string of the molecule is CC1CN(C#N)CC(CO)O1. The summed E-state index contributed by atoms with van der Waals surface area (Å²) < 4.78 is 5.32. The third-order valence-electron chi connectivity index (χ3n) is 1.67. The molecule has 1 heterocycles. The summed E-state index contributed by atoms with van der Waals surface area (Å²) in [5.41, 5.74) is 0. The van der Waals surface area contributed by atoms with Crippen molar-refractivity contribution in [1.29, 1.82) is 5.26 Å². The monoisotopic (exact) mass is 156 g/mol. The number of hydrogen-bond donors (Lipinski definition) is 1. The number of nitrogens with zero attached hydrogens (tertiary/aromatic N) is 2. The molecule has 0 saturated carbocycles. The third-order valence-corrected chi connectivity index (χ3v) is 1.67. The summed E-state index contributed by atoms with van der Waals surface area (Å²) in [5.74, 6) is 0. The largest absolute Gasteiger partial charge is 0.394 e. The second-order valence-corrected chi connectivity index (χ2v) is 2.76. The van der Waals surface area contributed by atoms with Crippen LogP contribution in [-0.2, 0) is 4.74 Å². The maximum Gasteiger partial charge on any atom is 0.179 e. The number of ether oxygens (including phenoxy) is 1. The molecule has 11 heavy (non-hydrogen) atoms. The highest BCUT2D eigenvalue weighted by atomic mass is 16.5. The molecule has 2 atom stereocenters. The van der Waals surface area contributed by atoms with E-state index in [1.54, 1.807) is 4.90 Å². The van der Waals surface area contributed by atoms with E-state index >= 15 is 0 Å². The van der Waals surface area contributed by atoms with Crippen LogP contribution in [0, 0.1) is 11.5 Å². The minimum Gasteiger partial charge on any atom is -0.394 e. The van der Waals surface area contributed by atoms with Gasteiger partial charge in [0.15, 0.2) is 6.19 Å². The van der Waals surface area contributed by atoms with Gasteiger partial charge in [0.05, 0.1) is 31.9 Å². The minimum atomic E-state index is -0.196. The standard InChI is InChI=1S/C7H12N2O2/c1-6-2-9(5-8)3-7(4-10)11-6/h6-7,10H,2-4H2,1H3. The predicted molar refractivity (Wildman–Crippen MR) is 38.6 cm³/mol. The molecule has 0 aromatic rings. The highest BCUT2D eigenvalue weighted by Crippen LogP contribution is 2.08. The van der Waals surface area contributed by atoms with Crippen molar-refractivity contribution in [3.63, 3.8) is 0 Å². The second kappa shape index (κ2) is 3.56. The van der Waals surface area contributed by atoms with Gasteiger partial charge in [0, 0.05) is 0 Å². The van der Waals surface area contributed by atoms with Gasteiger partial charge in [-0.1, -0.05) is 0 Å².